The van der Waals surface area contributed by atoms with Crippen LogP contribution in [0.1, 0.15) is 13.8 Å². The van der Waals surface area contributed by atoms with Crippen molar-refractivity contribution < 1.29 is 0 Å². The van der Waals surface area contributed by atoms with Crippen LogP contribution < -0.4 is 5.46 Å². The summed E-state index contributed by atoms with van der Waals surface area (Å²) in [5.41, 5.74) is 3.55. The van der Waals surface area contributed by atoms with Gasteiger partial charge < -0.3 is 0 Å². The van der Waals surface area contributed by atoms with E-state index >= 15 is 0 Å². The predicted octanol–water partition coefficient (Wildman–Crippen LogP) is 1.72. The molecule has 0 fully saturated rings. The number of hydrogen-bond donors (Lipinski definition) is 0. The highest BCUT2D eigenvalue weighted by atomic mass is 14.8. The molecule has 0 atom stereocenters. The minimum Gasteiger partial charge on any atom is -0.268 e. The first-order valence-electron chi connectivity index (χ1n) is 4.30. The highest BCUT2D eigenvalue weighted by molar-refractivity contribution is 6.88. The molecule has 0 aliphatic carbocycles. The molecule has 0 saturated heterocycles. The zero-order chi connectivity index (χ0) is 8.55. The average molecular weight is 156 g/mol. The molecule has 1 aromatic rings. The van der Waals surface area contributed by atoms with Crippen molar-refractivity contribution in [2.24, 2.45) is 10.9 Å². The van der Waals surface area contributed by atoms with Crippen LogP contribution >= 0.6 is 0 Å². The third kappa shape index (κ3) is 1.18. The molecule has 0 N–H and O–H groups in total. The molecule has 0 unspecified atom stereocenters. The van der Waals surface area contributed by atoms with Crippen molar-refractivity contribution >= 4 is 24.0 Å². The molecule has 1 aliphatic rings. The van der Waals surface area contributed by atoms with Crippen molar-refractivity contribution in [2.75, 3.05) is 0 Å². The van der Waals surface area contributed by atoms with Crippen LogP contribution in [0.15, 0.2) is 29.3 Å². The molecule has 0 spiro atoms. The van der Waals surface area contributed by atoms with Gasteiger partial charge in [0.2, 0.25) is 7.28 Å². The zero-order valence-corrected chi connectivity index (χ0v) is 7.41. The highest BCUT2D eigenvalue weighted by Gasteiger charge is 2.16. The molecular formula is C10H11BN. The predicted molar refractivity (Wildman–Crippen MR) is 53.8 cm³/mol. The summed E-state index contributed by atoms with van der Waals surface area (Å²) in [6, 6.07) is 8.24. The van der Waals surface area contributed by atoms with Gasteiger partial charge in [-0.3, -0.25) is 4.99 Å². The second-order valence-corrected chi connectivity index (χ2v) is 3.39. The first-order chi connectivity index (χ1) is 5.77. The van der Waals surface area contributed by atoms with Gasteiger partial charge in [-0.25, -0.2) is 0 Å². The highest BCUT2D eigenvalue weighted by Crippen LogP contribution is 2.15. The lowest BCUT2D eigenvalue weighted by Crippen LogP contribution is -2.21. The lowest BCUT2D eigenvalue weighted by atomic mass is 9.64. The molecule has 2 heteroatoms. The minimum atomic E-state index is 0.525. The zero-order valence-electron chi connectivity index (χ0n) is 7.41. The van der Waals surface area contributed by atoms with Crippen LogP contribution in [-0.2, 0) is 0 Å². The Hall–Kier alpha value is -1.05. The third-order valence-electron chi connectivity index (χ3n) is 2.08. The third-order valence-corrected chi connectivity index (χ3v) is 2.08. The maximum absolute atomic E-state index is 4.51. The smallest absolute Gasteiger partial charge is 0.214 e. The quantitative estimate of drug-likeness (QED) is 0.549. The van der Waals surface area contributed by atoms with Crippen molar-refractivity contribution in [3.05, 3.63) is 24.3 Å². The first kappa shape index (κ1) is 7.60. The summed E-state index contributed by atoms with van der Waals surface area (Å²) in [5, 5.41) is 0. The molecule has 0 aromatic heterocycles. The van der Waals surface area contributed by atoms with E-state index in [9.17, 15) is 0 Å². The Morgan fingerprint density at radius 3 is 2.67 bits per heavy atom. The van der Waals surface area contributed by atoms with Crippen LogP contribution in [0.25, 0.3) is 0 Å². The van der Waals surface area contributed by atoms with Crippen LogP contribution in [0, 0.1) is 5.92 Å². The number of benzene rings is 1. The Morgan fingerprint density at radius 2 is 2.00 bits per heavy atom. The molecule has 12 heavy (non-hydrogen) atoms. The number of rotatable bonds is 1. The van der Waals surface area contributed by atoms with E-state index in [1.54, 1.807) is 0 Å². The second kappa shape index (κ2) is 2.78. The fourth-order valence-corrected chi connectivity index (χ4v) is 1.34. The minimum absolute atomic E-state index is 0.525. The molecule has 0 amide bonds. The molecule has 0 saturated carbocycles. The van der Waals surface area contributed by atoms with Gasteiger partial charge in [0, 0.05) is 0 Å². The standard InChI is InChI=1S/C10H11BN/c1-7(2)10-11-8-5-3-4-6-9(8)12-10/h3-7H,1-2H3. The second-order valence-electron chi connectivity index (χ2n) is 3.39. The van der Waals surface area contributed by atoms with Gasteiger partial charge in [0.25, 0.3) is 0 Å². The normalized spacial score (nSPS) is 14.1. The summed E-state index contributed by atoms with van der Waals surface area (Å²) in [6.07, 6.45) is 0. The van der Waals surface area contributed by atoms with Crippen molar-refractivity contribution in [3.8, 4) is 0 Å². The maximum atomic E-state index is 4.51. The van der Waals surface area contributed by atoms with Gasteiger partial charge in [-0.2, -0.15) is 0 Å². The number of aliphatic imine (C=N–C) groups is 1. The number of fused-ring (bicyclic) bond motifs is 1. The molecule has 1 heterocycles. The van der Waals surface area contributed by atoms with Crippen LogP contribution in [0.4, 0.5) is 5.69 Å². The largest absolute Gasteiger partial charge is 0.268 e. The lowest BCUT2D eigenvalue weighted by molar-refractivity contribution is 0.900. The van der Waals surface area contributed by atoms with Crippen molar-refractivity contribution in [2.45, 2.75) is 13.8 Å². The van der Waals surface area contributed by atoms with Crippen molar-refractivity contribution in [3.63, 3.8) is 0 Å². The van der Waals surface area contributed by atoms with Crippen LogP contribution in [-0.4, -0.2) is 12.9 Å². The van der Waals surface area contributed by atoms with E-state index in [4.69, 9.17) is 0 Å². The summed E-state index contributed by atoms with van der Waals surface area (Å²) >= 11 is 0. The molecule has 1 aliphatic heterocycles. The van der Waals surface area contributed by atoms with Gasteiger partial charge in [0.15, 0.2) is 0 Å². The summed E-state index contributed by atoms with van der Waals surface area (Å²) in [5.74, 6) is 0.525. The molecule has 1 aromatic carbocycles. The Bertz CT molecular complexity index is 328. The van der Waals surface area contributed by atoms with Crippen LogP contribution in [0.5, 0.6) is 0 Å². The van der Waals surface area contributed by atoms with E-state index < -0.39 is 0 Å². The topological polar surface area (TPSA) is 12.4 Å². The van der Waals surface area contributed by atoms with Gasteiger partial charge in [-0.05, 0) is 17.6 Å². The summed E-state index contributed by atoms with van der Waals surface area (Å²) in [7, 11) is 2.17. The van der Waals surface area contributed by atoms with Crippen molar-refractivity contribution in [1.29, 1.82) is 0 Å². The van der Waals surface area contributed by atoms with Gasteiger partial charge in [0.05, 0.1) is 5.69 Å². The maximum Gasteiger partial charge on any atom is 0.214 e. The monoisotopic (exact) mass is 156 g/mol. The van der Waals surface area contributed by atoms with Crippen LogP contribution in [0.2, 0.25) is 0 Å². The van der Waals surface area contributed by atoms with E-state index in [1.165, 1.54) is 11.1 Å². The molecule has 2 rings (SSSR count). The van der Waals surface area contributed by atoms with E-state index in [0.29, 0.717) is 5.92 Å². The molecule has 59 valence electrons. The van der Waals surface area contributed by atoms with E-state index in [-0.39, 0.29) is 0 Å². The van der Waals surface area contributed by atoms with Gasteiger partial charge >= 0.3 is 0 Å². The molecule has 1 nitrogen and oxygen atoms in total. The van der Waals surface area contributed by atoms with Gasteiger partial charge in [0.1, 0.15) is 0 Å². The first-order valence-corrected chi connectivity index (χ1v) is 4.30. The van der Waals surface area contributed by atoms with E-state index in [1.807, 2.05) is 12.1 Å². The molecule has 1 radical (unpaired) electrons. The number of para-hydroxylation sites is 1. The Morgan fingerprint density at radius 1 is 1.25 bits per heavy atom. The molecule has 0 bridgehead atoms. The van der Waals surface area contributed by atoms with E-state index in [0.717, 1.165) is 5.69 Å². The van der Waals surface area contributed by atoms with Crippen molar-refractivity contribution in [1.82, 2.24) is 0 Å². The average Bonchev–Trinajstić information content (AvgIpc) is 2.46. The Kier molecular flexibility index (Phi) is 1.76. The molecular weight excluding hydrogens is 145 g/mol. The van der Waals surface area contributed by atoms with Crippen LogP contribution in [0.3, 0.4) is 0 Å². The number of hydrogen-bond acceptors (Lipinski definition) is 1. The van der Waals surface area contributed by atoms with Gasteiger partial charge in [-0.15, -0.1) is 0 Å². The fraction of sp³-hybridized carbons (Fsp3) is 0.300. The number of nitrogens with zero attached hydrogens (tertiary/aromatic N) is 1. The lowest BCUT2D eigenvalue weighted by Gasteiger charge is -2.00. The van der Waals surface area contributed by atoms with E-state index in [2.05, 4.69) is 38.3 Å². The Balaban J connectivity index is 2.35. The van der Waals surface area contributed by atoms with Gasteiger partial charge in [-0.1, -0.05) is 37.5 Å². The fourth-order valence-electron chi connectivity index (χ4n) is 1.34. The summed E-state index contributed by atoms with van der Waals surface area (Å²) < 4.78 is 0. The SMILES string of the molecule is CC(C)C1=Nc2ccccc2[B]1. The Labute approximate surface area is 73.8 Å². The summed E-state index contributed by atoms with van der Waals surface area (Å²) in [4.78, 5) is 4.51. The summed E-state index contributed by atoms with van der Waals surface area (Å²) in [6.45, 7) is 4.34.